The van der Waals surface area contributed by atoms with E-state index in [2.05, 4.69) is 176 Å². The zero-order valence-corrected chi connectivity index (χ0v) is 28.9. The minimum atomic E-state index is -0.0741. The molecule has 2 aliphatic rings. The van der Waals surface area contributed by atoms with Crippen molar-refractivity contribution in [2.75, 3.05) is 4.90 Å². The van der Waals surface area contributed by atoms with Crippen molar-refractivity contribution in [1.29, 1.82) is 0 Å². The molecule has 0 fully saturated rings. The molecule has 0 saturated heterocycles. The lowest BCUT2D eigenvalue weighted by atomic mass is 9.82. The quantitative estimate of drug-likeness (QED) is 0.183. The van der Waals surface area contributed by atoms with Crippen molar-refractivity contribution in [3.63, 3.8) is 0 Å². The van der Waals surface area contributed by atoms with Crippen molar-refractivity contribution in [1.82, 2.24) is 0 Å². The molecule has 244 valence electrons. The number of furan rings is 1. The summed E-state index contributed by atoms with van der Waals surface area (Å²) in [6.45, 7) is 4.72. The molecule has 0 unspecified atom stereocenters. The van der Waals surface area contributed by atoms with E-state index < -0.39 is 0 Å². The Morgan fingerprint density at radius 1 is 0.510 bits per heavy atom. The third-order valence-electron chi connectivity index (χ3n) is 11.2. The third-order valence-corrected chi connectivity index (χ3v) is 11.2. The van der Waals surface area contributed by atoms with Gasteiger partial charge in [0.1, 0.15) is 11.2 Å². The van der Waals surface area contributed by atoms with Crippen molar-refractivity contribution in [2.24, 2.45) is 0 Å². The first-order valence-corrected chi connectivity index (χ1v) is 18.0. The van der Waals surface area contributed by atoms with Crippen molar-refractivity contribution in [3.8, 4) is 22.3 Å². The molecular weight excluding hydrogens is 619 g/mol. The average molecular weight is 656 g/mol. The van der Waals surface area contributed by atoms with Crippen LogP contribution in [-0.4, -0.2) is 0 Å². The predicted molar refractivity (Wildman–Crippen MR) is 215 cm³/mol. The van der Waals surface area contributed by atoms with E-state index in [1.54, 1.807) is 0 Å². The van der Waals surface area contributed by atoms with E-state index in [-0.39, 0.29) is 5.41 Å². The Morgan fingerprint density at radius 2 is 1.27 bits per heavy atom. The van der Waals surface area contributed by atoms with Crippen LogP contribution in [0.2, 0.25) is 0 Å². The molecule has 7 aromatic carbocycles. The van der Waals surface area contributed by atoms with Gasteiger partial charge in [0, 0.05) is 33.3 Å². The highest BCUT2D eigenvalue weighted by molar-refractivity contribution is 6.19. The molecule has 0 atom stereocenters. The largest absolute Gasteiger partial charge is 0.456 e. The zero-order valence-electron chi connectivity index (χ0n) is 28.9. The Hall–Kier alpha value is -6.12. The molecule has 2 aliphatic carbocycles. The number of anilines is 2. The van der Waals surface area contributed by atoms with Gasteiger partial charge in [0.05, 0.1) is 0 Å². The summed E-state index contributed by atoms with van der Waals surface area (Å²) in [5, 5.41) is 4.84. The van der Waals surface area contributed by atoms with Crippen LogP contribution in [0.15, 0.2) is 174 Å². The molecule has 0 spiro atoms. The molecule has 1 heterocycles. The molecule has 0 bridgehead atoms. The highest BCUT2D eigenvalue weighted by Crippen LogP contribution is 2.50. The minimum absolute atomic E-state index is 0.0741. The second kappa shape index (κ2) is 11.5. The molecule has 10 rings (SSSR count). The van der Waals surface area contributed by atoms with Crippen LogP contribution in [0, 0.1) is 0 Å². The van der Waals surface area contributed by atoms with Crippen LogP contribution in [-0.2, 0) is 5.41 Å². The molecule has 8 aromatic rings. The Morgan fingerprint density at radius 3 is 2.16 bits per heavy atom. The molecule has 2 heteroatoms. The lowest BCUT2D eigenvalue weighted by Crippen LogP contribution is -2.20. The van der Waals surface area contributed by atoms with Crippen molar-refractivity contribution < 1.29 is 4.42 Å². The van der Waals surface area contributed by atoms with E-state index in [4.69, 9.17) is 4.42 Å². The average Bonchev–Trinajstić information content (AvgIpc) is 3.68. The first kappa shape index (κ1) is 29.8. The normalized spacial score (nSPS) is 14.7. The molecule has 51 heavy (non-hydrogen) atoms. The highest BCUT2D eigenvalue weighted by atomic mass is 16.3. The predicted octanol–water partition coefficient (Wildman–Crippen LogP) is 13.6. The zero-order chi connectivity index (χ0) is 34.1. The van der Waals surface area contributed by atoms with Crippen molar-refractivity contribution in [3.05, 3.63) is 186 Å². The molecular formula is C49H37NO. The van der Waals surface area contributed by atoms with Gasteiger partial charge >= 0.3 is 0 Å². The Kier molecular flexibility index (Phi) is 6.69. The molecule has 2 nitrogen and oxygen atoms in total. The van der Waals surface area contributed by atoms with Gasteiger partial charge in [-0.3, -0.25) is 0 Å². The van der Waals surface area contributed by atoms with Crippen molar-refractivity contribution in [2.45, 2.75) is 32.1 Å². The van der Waals surface area contributed by atoms with E-state index in [9.17, 15) is 0 Å². The Labute approximate surface area is 298 Å². The van der Waals surface area contributed by atoms with Gasteiger partial charge in [-0.25, -0.2) is 0 Å². The van der Waals surface area contributed by atoms with Crippen LogP contribution in [0.3, 0.4) is 0 Å². The monoisotopic (exact) mass is 655 g/mol. The fourth-order valence-electron chi connectivity index (χ4n) is 8.56. The van der Waals surface area contributed by atoms with E-state index in [0.717, 1.165) is 24.0 Å². The smallest absolute Gasteiger partial charge is 0.136 e. The Balaban J connectivity index is 1.09. The number of fused-ring (bicyclic) bond motifs is 8. The summed E-state index contributed by atoms with van der Waals surface area (Å²) in [5.74, 6) is 0. The summed E-state index contributed by atoms with van der Waals surface area (Å²) in [4.78, 5) is 2.49. The molecule has 0 saturated carbocycles. The summed E-state index contributed by atoms with van der Waals surface area (Å²) in [6, 6.07) is 55.2. The van der Waals surface area contributed by atoms with Gasteiger partial charge in [-0.05, 0) is 117 Å². The number of para-hydroxylation sites is 1. The fraction of sp³-hybridized carbons (Fsp3) is 0.102. The topological polar surface area (TPSA) is 16.4 Å². The molecule has 0 amide bonds. The molecule has 0 radical (unpaired) electrons. The maximum atomic E-state index is 6.24. The summed E-state index contributed by atoms with van der Waals surface area (Å²) in [7, 11) is 0. The van der Waals surface area contributed by atoms with Gasteiger partial charge in [0.15, 0.2) is 0 Å². The van der Waals surface area contributed by atoms with E-state index in [1.165, 1.54) is 83.1 Å². The second-order valence-corrected chi connectivity index (χ2v) is 14.5. The number of hydrogen-bond donors (Lipinski definition) is 0. The van der Waals surface area contributed by atoms with E-state index >= 15 is 0 Å². The van der Waals surface area contributed by atoms with Crippen LogP contribution in [0.1, 0.15) is 43.4 Å². The summed E-state index contributed by atoms with van der Waals surface area (Å²) in [5.41, 5.74) is 16.0. The van der Waals surface area contributed by atoms with Crippen LogP contribution in [0.25, 0.3) is 60.5 Å². The van der Waals surface area contributed by atoms with E-state index in [0.29, 0.717) is 0 Å². The van der Waals surface area contributed by atoms with Crippen molar-refractivity contribution >= 4 is 49.7 Å². The molecule has 1 aromatic heterocycles. The summed E-state index contributed by atoms with van der Waals surface area (Å²) in [6.07, 6.45) is 6.57. The van der Waals surface area contributed by atoms with Gasteiger partial charge in [-0.15, -0.1) is 0 Å². The highest BCUT2D eigenvalue weighted by Gasteiger charge is 2.36. The van der Waals surface area contributed by atoms with Gasteiger partial charge in [0.25, 0.3) is 0 Å². The number of benzene rings is 7. The fourth-order valence-corrected chi connectivity index (χ4v) is 8.56. The molecule has 0 aliphatic heterocycles. The van der Waals surface area contributed by atoms with Crippen LogP contribution in [0.5, 0.6) is 0 Å². The van der Waals surface area contributed by atoms with E-state index in [1.807, 2.05) is 6.07 Å². The summed E-state index contributed by atoms with van der Waals surface area (Å²) >= 11 is 0. The maximum Gasteiger partial charge on any atom is 0.136 e. The standard InChI is InChI=1S/C49H37NO/c1-49(2)44-17-8-6-15-40(44)41-27-26-39(31-45(41)49)50(38-14-10-13-35(29-38)32-11-4-3-5-12-32)37-24-21-33(22-25-37)36-20-19-34-23-28-47-48(43(34)30-36)42-16-7-9-18-46(42)51-47/h3-21,23-24,26-31H,22,25H2,1-2H3. The first-order valence-electron chi connectivity index (χ1n) is 18.0. The van der Waals surface area contributed by atoms with Gasteiger partial charge in [0.2, 0.25) is 0 Å². The second-order valence-electron chi connectivity index (χ2n) is 14.5. The van der Waals surface area contributed by atoms with Crippen LogP contribution in [0.4, 0.5) is 11.4 Å². The number of nitrogens with zero attached hydrogens (tertiary/aromatic N) is 1. The Bertz CT molecular complexity index is 2720. The summed E-state index contributed by atoms with van der Waals surface area (Å²) < 4.78 is 6.24. The lowest BCUT2D eigenvalue weighted by Gasteiger charge is -2.31. The maximum absolute atomic E-state index is 6.24. The van der Waals surface area contributed by atoms with Gasteiger partial charge in [-0.2, -0.15) is 0 Å². The van der Waals surface area contributed by atoms with Gasteiger partial charge in [-0.1, -0.05) is 129 Å². The first-order chi connectivity index (χ1) is 25.0. The lowest BCUT2D eigenvalue weighted by molar-refractivity contribution is 0.660. The van der Waals surface area contributed by atoms with Gasteiger partial charge < -0.3 is 9.32 Å². The number of rotatable bonds is 5. The third kappa shape index (κ3) is 4.78. The number of hydrogen-bond acceptors (Lipinski definition) is 2. The molecule has 0 N–H and O–H groups in total. The number of allylic oxidation sites excluding steroid dienone is 4. The van der Waals surface area contributed by atoms with Crippen LogP contribution < -0.4 is 4.90 Å². The SMILES string of the molecule is CC1(C)c2ccccc2-c2ccc(N(C3=CC=C(c4ccc5ccc6oc7ccccc7c6c5c4)CC3)c3cccc(-c4ccccc4)c3)cc21. The minimum Gasteiger partial charge on any atom is -0.456 e. The van der Waals surface area contributed by atoms with Crippen LogP contribution >= 0.6 is 0 Å².